The van der Waals surface area contributed by atoms with E-state index < -0.39 is 17.7 Å². The highest BCUT2D eigenvalue weighted by Crippen LogP contribution is 2.46. The van der Waals surface area contributed by atoms with Gasteiger partial charge in [-0.25, -0.2) is 0 Å². The third-order valence-corrected chi connectivity index (χ3v) is 5.27. The molecule has 25 heavy (non-hydrogen) atoms. The van der Waals surface area contributed by atoms with E-state index in [2.05, 4.69) is 20.4 Å². The van der Waals surface area contributed by atoms with Gasteiger partial charge in [-0.3, -0.25) is 4.79 Å². The summed E-state index contributed by atoms with van der Waals surface area (Å²) in [6, 6.07) is 7.36. The summed E-state index contributed by atoms with van der Waals surface area (Å²) in [7, 11) is 0. The van der Waals surface area contributed by atoms with E-state index in [4.69, 9.17) is 0 Å². The summed E-state index contributed by atoms with van der Waals surface area (Å²) < 4.78 is 0. The molecule has 0 bridgehead atoms. The van der Waals surface area contributed by atoms with E-state index in [1.54, 1.807) is 17.0 Å². The predicted molar refractivity (Wildman–Crippen MR) is 100 cm³/mol. The summed E-state index contributed by atoms with van der Waals surface area (Å²) >= 11 is 0. The molecular weight excluding hydrogens is 314 g/mol. The SMILES string of the molecule is C=CCN1C(=O)c2ccccc2C1(C(O)CCCC)C(O)CCCC. The van der Waals surface area contributed by atoms with Crippen molar-refractivity contribution in [2.75, 3.05) is 6.54 Å². The number of carbonyl (C=O) groups is 1. The second-order valence-corrected chi connectivity index (χ2v) is 6.89. The van der Waals surface area contributed by atoms with Gasteiger partial charge in [-0.2, -0.15) is 0 Å². The van der Waals surface area contributed by atoms with E-state index in [0.717, 1.165) is 31.2 Å². The summed E-state index contributed by atoms with van der Waals surface area (Å²) in [5, 5.41) is 22.3. The lowest BCUT2D eigenvalue weighted by Gasteiger charge is -2.46. The minimum Gasteiger partial charge on any atom is -0.390 e. The maximum Gasteiger partial charge on any atom is 0.255 e. The summed E-state index contributed by atoms with van der Waals surface area (Å²) in [5.41, 5.74) is 0.233. The monoisotopic (exact) mass is 345 g/mol. The van der Waals surface area contributed by atoms with Gasteiger partial charge in [0.1, 0.15) is 5.54 Å². The lowest BCUT2D eigenvalue weighted by Crippen LogP contribution is -2.59. The van der Waals surface area contributed by atoms with Crippen LogP contribution in [0, 0.1) is 0 Å². The largest absolute Gasteiger partial charge is 0.390 e. The summed E-state index contributed by atoms with van der Waals surface area (Å²) in [6.07, 6.45) is 4.74. The van der Waals surface area contributed by atoms with Crippen LogP contribution in [0.4, 0.5) is 0 Å². The predicted octanol–water partition coefficient (Wildman–Crippen LogP) is 3.63. The molecule has 2 unspecified atom stereocenters. The number of nitrogens with zero attached hydrogens (tertiary/aromatic N) is 1. The molecule has 0 radical (unpaired) electrons. The number of rotatable bonds is 10. The molecular formula is C21H31NO3. The standard InChI is InChI=1S/C21H31NO3/c1-4-7-13-18(23)21(19(24)14-8-5-2)17-12-10-9-11-16(17)20(25)22(21)15-6-3/h6,9-12,18-19,23-24H,3-5,7-8,13-15H2,1-2H3. The number of carbonyl (C=O) groups excluding carboxylic acids is 1. The Balaban J connectivity index is 2.59. The molecule has 2 atom stereocenters. The van der Waals surface area contributed by atoms with Crippen LogP contribution in [0.2, 0.25) is 0 Å². The quantitative estimate of drug-likeness (QED) is 0.637. The molecule has 0 spiro atoms. The van der Waals surface area contributed by atoms with Crippen molar-refractivity contribution in [3.8, 4) is 0 Å². The molecule has 4 nitrogen and oxygen atoms in total. The van der Waals surface area contributed by atoms with Gasteiger partial charge in [-0.15, -0.1) is 6.58 Å². The normalized spacial score (nSPS) is 21.9. The third-order valence-electron chi connectivity index (χ3n) is 5.27. The molecule has 2 rings (SSSR count). The molecule has 1 aromatic rings. The first kappa shape index (κ1) is 19.7. The van der Waals surface area contributed by atoms with Crippen LogP contribution >= 0.6 is 0 Å². The van der Waals surface area contributed by atoms with Crippen LogP contribution in [0.15, 0.2) is 36.9 Å². The Kier molecular flexibility index (Phi) is 6.79. The number of hydrogen-bond acceptors (Lipinski definition) is 3. The second-order valence-electron chi connectivity index (χ2n) is 6.89. The molecule has 0 fully saturated rings. The fourth-order valence-electron chi connectivity index (χ4n) is 4.02. The van der Waals surface area contributed by atoms with Crippen LogP contribution in [0.1, 0.15) is 68.3 Å². The highest BCUT2D eigenvalue weighted by molar-refractivity contribution is 6.00. The summed E-state index contributed by atoms with van der Waals surface area (Å²) in [4.78, 5) is 14.6. The Bertz CT molecular complexity index is 585. The first-order chi connectivity index (χ1) is 12.0. The van der Waals surface area contributed by atoms with Gasteiger partial charge < -0.3 is 15.1 Å². The zero-order chi connectivity index (χ0) is 18.4. The van der Waals surface area contributed by atoms with Gasteiger partial charge in [0, 0.05) is 12.1 Å². The Morgan fingerprint density at radius 2 is 1.68 bits per heavy atom. The number of amides is 1. The highest BCUT2D eigenvalue weighted by Gasteiger charge is 2.57. The van der Waals surface area contributed by atoms with Gasteiger partial charge in [0.25, 0.3) is 5.91 Å². The van der Waals surface area contributed by atoms with Crippen molar-refractivity contribution >= 4 is 5.91 Å². The van der Waals surface area contributed by atoms with E-state index in [1.165, 1.54) is 0 Å². The van der Waals surface area contributed by atoms with Gasteiger partial charge in [-0.1, -0.05) is 63.8 Å². The first-order valence-corrected chi connectivity index (χ1v) is 9.44. The third kappa shape index (κ3) is 3.38. The zero-order valence-electron chi connectivity index (χ0n) is 15.4. The van der Waals surface area contributed by atoms with Crippen LogP contribution in [-0.4, -0.2) is 39.8 Å². The maximum absolute atomic E-state index is 13.0. The molecule has 4 heteroatoms. The smallest absolute Gasteiger partial charge is 0.255 e. The minimum absolute atomic E-state index is 0.137. The zero-order valence-corrected chi connectivity index (χ0v) is 15.4. The molecule has 1 aliphatic rings. The molecule has 1 aromatic carbocycles. The van der Waals surface area contributed by atoms with Crippen LogP contribution in [-0.2, 0) is 5.54 Å². The molecule has 0 saturated carbocycles. The van der Waals surface area contributed by atoms with Crippen LogP contribution in [0.5, 0.6) is 0 Å². The fourth-order valence-corrected chi connectivity index (χ4v) is 4.02. The number of fused-ring (bicyclic) bond motifs is 1. The minimum atomic E-state index is -1.09. The molecule has 2 N–H and O–H groups in total. The van der Waals surface area contributed by atoms with Gasteiger partial charge in [0.2, 0.25) is 0 Å². The topological polar surface area (TPSA) is 60.8 Å². The van der Waals surface area contributed by atoms with Crippen molar-refractivity contribution < 1.29 is 15.0 Å². The Labute approximate surface area is 151 Å². The summed E-state index contributed by atoms with van der Waals surface area (Å²) in [6.45, 7) is 8.22. The average Bonchev–Trinajstić information content (AvgIpc) is 2.88. The fraction of sp³-hybridized carbons (Fsp3) is 0.571. The first-order valence-electron chi connectivity index (χ1n) is 9.44. The Morgan fingerprint density at radius 3 is 2.20 bits per heavy atom. The van der Waals surface area contributed by atoms with Crippen molar-refractivity contribution in [2.45, 2.75) is 70.1 Å². The summed E-state index contributed by atoms with van der Waals surface area (Å²) in [5.74, 6) is -0.137. The Hall–Kier alpha value is -1.65. The molecule has 1 heterocycles. The van der Waals surface area contributed by atoms with E-state index in [9.17, 15) is 15.0 Å². The number of unbranched alkanes of at least 4 members (excludes halogenated alkanes) is 2. The van der Waals surface area contributed by atoms with Crippen molar-refractivity contribution in [1.29, 1.82) is 0 Å². The molecule has 1 aliphatic heterocycles. The Morgan fingerprint density at radius 1 is 1.12 bits per heavy atom. The average molecular weight is 345 g/mol. The number of benzene rings is 1. The van der Waals surface area contributed by atoms with Crippen LogP contribution < -0.4 is 0 Å². The van der Waals surface area contributed by atoms with Crippen molar-refractivity contribution in [3.63, 3.8) is 0 Å². The lowest BCUT2D eigenvalue weighted by molar-refractivity contribution is -0.0927. The molecule has 0 aliphatic carbocycles. The lowest BCUT2D eigenvalue weighted by atomic mass is 9.76. The van der Waals surface area contributed by atoms with Gasteiger partial charge in [0.15, 0.2) is 0 Å². The number of aliphatic hydroxyl groups excluding tert-OH is 2. The maximum atomic E-state index is 13.0. The van der Waals surface area contributed by atoms with Crippen molar-refractivity contribution in [3.05, 3.63) is 48.0 Å². The van der Waals surface area contributed by atoms with E-state index in [0.29, 0.717) is 24.9 Å². The van der Waals surface area contributed by atoms with Crippen LogP contribution in [0.25, 0.3) is 0 Å². The highest BCUT2D eigenvalue weighted by atomic mass is 16.3. The second kappa shape index (κ2) is 8.63. The molecule has 0 saturated heterocycles. The van der Waals surface area contributed by atoms with E-state index in [1.807, 2.05) is 18.2 Å². The van der Waals surface area contributed by atoms with Crippen molar-refractivity contribution in [2.24, 2.45) is 0 Å². The molecule has 1 amide bonds. The molecule has 0 aromatic heterocycles. The van der Waals surface area contributed by atoms with Gasteiger partial charge >= 0.3 is 0 Å². The van der Waals surface area contributed by atoms with E-state index in [-0.39, 0.29) is 5.91 Å². The van der Waals surface area contributed by atoms with E-state index >= 15 is 0 Å². The molecule has 138 valence electrons. The number of aliphatic hydroxyl groups is 2. The van der Waals surface area contributed by atoms with Gasteiger partial charge in [0.05, 0.1) is 12.2 Å². The van der Waals surface area contributed by atoms with Gasteiger partial charge in [-0.05, 0) is 24.5 Å². The van der Waals surface area contributed by atoms with Crippen molar-refractivity contribution in [1.82, 2.24) is 4.90 Å². The number of hydrogen-bond donors (Lipinski definition) is 2. The van der Waals surface area contributed by atoms with Crippen LogP contribution in [0.3, 0.4) is 0 Å².